The van der Waals surface area contributed by atoms with Crippen LogP contribution in [0.2, 0.25) is 0 Å². The van der Waals surface area contributed by atoms with Gasteiger partial charge in [0.1, 0.15) is 5.82 Å². The van der Waals surface area contributed by atoms with Gasteiger partial charge < -0.3 is 14.8 Å². The number of aromatic nitrogens is 1. The zero-order valence-corrected chi connectivity index (χ0v) is 14.0. The minimum absolute atomic E-state index is 0.0957. The molecular formula is C17H22N2O5. The molecule has 2 heterocycles. The summed E-state index contributed by atoms with van der Waals surface area (Å²) in [6.07, 6.45) is 2.30. The Morgan fingerprint density at radius 3 is 2.25 bits per heavy atom. The predicted molar refractivity (Wildman–Crippen MR) is 86.3 cm³/mol. The third kappa shape index (κ3) is 3.72. The molecule has 0 bridgehead atoms. The van der Waals surface area contributed by atoms with Crippen molar-refractivity contribution in [1.29, 1.82) is 0 Å². The molecular weight excluding hydrogens is 312 g/mol. The Morgan fingerprint density at radius 2 is 1.71 bits per heavy atom. The Morgan fingerprint density at radius 1 is 1.12 bits per heavy atom. The Kier molecular flexibility index (Phi) is 5.89. The first kappa shape index (κ1) is 17.9. The molecule has 0 saturated heterocycles. The van der Waals surface area contributed by atoms with Crippen molar-refractivity contribution < 1.29 is 23.9 Å². The van der Waals surface area contributed by atoms with Gasteiger partial charge in [-0.3, -0.25) is 14.4 Å². The molecule has 7 heteroatoms. The van der Waals surface area contributed by atoms with Crippen LogP contribution in [-0.4, -0.2) is 36.0 Å². The number of rotatable bonds is 8. The smallest absolute Gasteiger partial charge is 0.305 e. The van der Waals surface area contributed by atoms with Gasteiger partial charge in [-0.1, -0.05) is 6.07 Å². The number of hydrogen-bond acceptors (Lipinski definition) is 6. The van der Waals surface area contributed by atoms with Gasteiger partial charge in [0.15, 0.2) is 0 Å². The van der Waals surface area contributed by atoms with Crippen molar-refractivity contribution in [3.05, 3.63) is 23.9 Å². The molecule has 1 amide bonds. The number of anilines is 1. The van der Waals surface area contributed by atoms with Gasteiger partial charge in [-0.25, -0.2) is 4.98 Å². The van der Waals surface area contributed by atoms with E-state index in [1.165, 1.54) is 0 Å². The number of esters is 2. The van der Waals surface area contributed by atoms with E-state index in [4.69, 9.17) is 9.47 Å². The van der Waals surface area contributed by atoms with E-state index in [2.05, 4.69) is 10.3 Å². The molecule has 0 radical (unpaired) electrons. The molecule has 1 aliphatic rings. The van der Waals surface area contributed by atoms with Crippen LogP contribution >= 0.6 is 0 Å². The number of amides is 1. The highest BCUT2D eigenvalue weighted by molar-refractivity contribution is 6.05. The molecule has 0 spiro atoms. The number of hydrogen-bond donors (Lipinski definition) is 1. The third-order valence-electron chi connectivity index (χ3n) is 4.11. The van der Waals surface area contributed by atoms with E-state index < -0.39 is 5.41 Å². The highest BCUT2D eigenvalue weighted by atomic mass is 16.5. The minimum atomic E-state index is -0.969. The molecule has 1 aliphatic heterocycles. The second-order valence-corrected chi connectivity index (χ2v) is 5.55. The van der Waals surface area contributed by atoms with Crippen molar-refractivity contribution in [2.75, 3.05) is 18.5 Å². The van der Waals surface area contributed by atoms with Gasteiger partial charge in [-0.05, 0) is 32.8 Å². The molecule has 130 valence electrons. The number of pyridine rings is 1. The van der Waals surface area contributed by atoms with E-state index >= 15 is 0 Å². The first-order valence-electron chi connectivity index (χ1n) is 8.11. The molecule has 0 aliphatic carbocycles. The summed E-state index contributed by atoms with van der Waals surface area (Å²) in [6.45, 7) is 4.05. The van der Waals surface area contributed by atoms with E-state index in [0.29, 0.717) is 24.6 Å². The van der Waals surface area contributed by atoms with Crippen LogP contribution in [0.5, 0.6) is 0 Å². The van der Waals surface area contributed by atoms with Crippen molar-refractivity contribution in [2.24, 2.45) is 0 Å². The summed E-state index contributed by atoms with van der Waals surface area (Å²) in [6, 6.07) is 3.54. The van der Waals surface area contributed by atoms with E-state index in [0.717, 1.165) is 0 Å². The summed E-state index contributed by atoms with van der Waals surface area (Å²) >= 11 is 0. The largest absolute Gasteiger partial charge is 0.466 e. The van der Waals surface area contributed by atoms with Crippen LogP contribution in [-0.2, 0) is 29.3 Å². The summed E-state index contributed by atoms with van der Waals surface area (Å²) in [5.41, 5.74) is -0.257. The van der Waals surface area contributed by atoms with Crippen LogP contribution in [0.25, 0.3) is 0 Å². The summed E-state index contributed by atoms with van der Waals surface area (Å²) in [5, 5.41) is 2.75. The molecule has 0 atom stereocenters. The molecule has 1 N–H and O–H groups in total. The average Bonchev–Trinajstić information content (AvgIpc) is 2.84. The number of carbonyl (C=O) groups is 3. The Bertz CT molecular complexity index is 607. The van der Waals surface area contributed by atoms with Gasteiger partial charge in [0.25, 0.3) is 0 Å². The van der Waals surface area contributed by atoms with Crippen molar-refractivity contribution in [3.63, 3.8) is 0 Å². The molecule has 1 aromatic rings. The van der Waals surface area contributed by atoms with Crippen LogP contribution in [0.4, 0.5) is 5.82 Å². The summed E-state index contributed by atoms with van der Waals surface area (Å²) < 4.78 is 9.91. The fraction of sp³-hybridized carbons (Fsp3) is 0.529. The van der Waals surface area contributed by atoms with E-state index in [9.17, 15) is 14.4 Å². The first-order valence-corrected chi connectivity index (χ1v) is 8.11. The lowest BCUT2D eigenvalue weighted by Crippen LogP contribution is -2.36. The van der Waals surface area contributed by atoms with Crippen molar-refractivity contribution in [1.82, 2.24) is 4.98 Å². The van der Waals surface area contributed by atoms with E-state index in [1.807, 2.05) is 0 Å². The maximum absolute atomic E-state index is 12.6. The zero-order chi connectivity index (χ0) is 17.6. The Labute approximate surface area is 140 Å². The lowest BCUT2D eigenvalue weighted by molar-refractivity contribution is -0.143. The molecule has 0 saturated carbocycles. The number of nitrogens with zero attached hydrogens (tertiary/aromatic N) is 1. The second-order valence-electron chi connectivity index (χ2n) is 5.55. The van der Waals surface area contributed by atoms with Crippen molar-refractivity contribution in [2.45, 2.75) is 44.9 Å². The highest BCUT2D eigenvalue weighted by Crippen LogP contribution is 2.43. The third-order valence-corrected chi connectivity index (χ3v) is 4.11. The van der Waals surface area contributed by atoms with E-state index in [1.54, 1.807) is 32.2 Å². The van der Waals surface area contributed by atoms with E-state index in [-0.39, 0.29) is 43.5 Å². The monoisotopic (exact) mass is 334 g/mol. The van der Waals surface area contributed by atoms with Gasteiger partial charge >= 0.3 is 11.9 Å². The van der Waals surface area contributed by atoms with Gasteiger partial charge in [-0.15, -0.1) is 0 Å². The number of fused-ring (bicyclic) bond motifs is 1. The molecule has 1 aromatic heterocycles. The van der Waals surface area contributed by atoms with Crippen LogP contribution in [0.1, 0.15) is 45.1 Å². The number of nitrogens with one attached hydrogen (secondary N) is 1. The topological polar surface area (TPSA) is 94.6 Å². The summed E-state index contributed by atoms with van der Waals surface area (Å²) in [4.78, 5) is 40.3. The van der Waals surface area contributed by atoms with Crippen molar-refractivity contribution >= 4 is 23.7 Å². The molecule has 2 rings (SSSR count). The molecule has 7 nitrogen and oxygen atoms in total. The number of ether oxygens (including phenoxy) is 2. The number of carbonyl (C=O) groups excluding carboxylic acids is 3. The molecule has 24 heavy (non-hydrogen) atoms. The highest BCUT2D eigenvalue weighted by Gasteiger charge is 2.47. The second kappa shape index (κ2) is 7.90. The van der Waals surface area contributed by atoms with Crippen LogP contribution < -0.4 is 5.32 Å². The lowest BCUT2D eigenvalue weighted by Gasteiger charge is -2.26. The van der Waals surface area contributed by atoms with Crippen LogP contribution in [0.15, 0.2) is 18.3 Å². The quantitative estimate of drug-likeness (QED) is 0.730. The normalized spacial score (nSPS) is 14.7. The van der Waals surface area contributed by atoms with Gasteiger partial charge in [0.05, 0.1) is 18.6 Å². The van der Waals surface area contributed by atoms with Gasteiger partial charge in [-0.2, -0.15) is 0 Å². The molecule has 0 aromatic carbocycles. The van der Waals surface area contributed by atoms with Crippen LogP contribution in [0, 0.1) is 0 Å². The molecule has 0 fully saturated rings. The maximum Gasteiger partial charge on any atom is 0.305 e. The summed E-state index contributed by atoms with van der Waals surface area (Å²) in [7, 11) is 0. The van der Waals surface area contributed by atoms with Crippen LogP contribution in [0.3, 0.4) is 0 Å². The fourth-order valence-corrected chi connectivity index (χ4v) is 2.96. The van der Waals surface area contributed by atoms with Gasteiger partial charge in [0.2, 0.25) is 5.91 Å². The first-order chi connectivity index (χ1) is 11.5. The predicted octanol–water partition coefficient (Wildman–Crippen LogP) is 1.96. The van der Waals surface area contributed by atoms with Crippen molar-refractivity contribution in [3.8, 4) is 0 Å². The Hall–Kier alpha value is -2.44. The standard InChI is InChI=1S/C17H22N2O5/c1-3-23-13(20)7-9-17(10-8-14(21)24-4-2)12-6-5-11-18-15(12)19-16(17)22/h5-6,11H,3-4,7-10H2,1-2H3,(H,18,19,22). The SMILES string of the molecule is CCOC(=O)CCC1(CCC(=O)OCC)C(=O)Nc2ncccc21. The zero-order valence-electron chi connectivity index (χ0n) is 14.0. The maximum atomic E-state index is 12.6. The fourth-order valence-electron chi connectivity index (χ4n) is 2.96. The molecule has 0 unspecified atom stereocenters. The Balaban J connectivity index is 2.23. The van der Waals surface area contributed by atoms with Gasteiger partial charge in [0, 0.05) is 24.6 Å². The summed E-state index contributed by atoms with van der Waals surface area (Å²) in [5.74, 6) is -0.490. The lowest BCUT2D eigenvalue weighted by atomic mass is 9.74. The average molecular weight is 334 g/mol. The minimum Gasteiger partial charge on any atom is -0.466 e.